The third kappa shape index (κ3) is 2.50. The summed E-state index contributed by atoms with van der Waals surface area (Å²) in [5.74, 6) is 0. The standard InChI is InChI=1S/C6H2BrCl3O2S/c7-3-1-2-4(8)5(9)6(3)13(10,11)12/h1-2H. The maximum absolute atomic E-state index is 11.0. The third-order valence-corrected chi connectivity index (χ3v) is 4.46. The Balaban J connectivity index is 3.62. The van der Waals surface area contributed by atoms with Gasteiger partial charge in [-0.15, -0.1) is 0 Å². The van der Waals surface area contributed by atoms with E-state index < -0.39 is 9.05 Å². The monoisotopic (exact) mass is 322 g/mol. The molecule has 0 fully saturated rings. The first kappa shape index (κ1) is 11.6. The number of benzene rings is 1. The molecule has 0 saturated carbocycles. The zero-order valence-corrected chi connectivity index (χ0v) is 10.6. The molecule has 13 heavy (non-hydrogen) atoms. The van der Waals surface area contributed by atoms with E-state index in [1.54, 1.807) is 0 Å². The van der Waals surface area contributed by atoms with Crippen molar-refractivity contribution in [3.8, 4) is 0 Å². The van der Waals surface area contributed by atoms with Crippen LogP contribution < -0.4 is 0 Å². The summed E-state index contributed by atoms with van der Waals surface area (Å²) in [6, 6.07) is 2.93. The van der Waals surface area contributed by atoms with E-state index in [2.05, 4.69) is 15.9 Å². The Morgan fingerprint density at radius 2 is 1.77 bits per heavy atom. The van der Waals surface area contributed by atoms with Crippen LogP contribution >= 0.6 is 49.8 Å². The van der Waals surface area contributed by atoms with Crippen LogP contribution in [0.1, 0.15) is 0 Å². The fourth-order valence-corrected chi connectivity index (χ4v) is 4.00. The van der Waals surface area contributed by atoms with Crippen LogP contribution in [0.4, 0.5) is 0 Å². The lowest BCUT2D eigenvalue weighted by molar-refractivity contribution is 0.609. The Hall–Kier alpha value is 0.520. The summed E-state index contributed by atoms with van der Waals surface area (Å²) in [5, 5.41) is 0.0649. The fourth-order valence-electron chi connectivity index (χ4n) is 0.732. The Morgan fingerprint density at radius 3 is 2.15 bits per heavy atom. The van der Waals surface area contributed by atoms with Gasteiger partial charge in [0.15, 0.2) is 0 Å². The van der Waals surface area contributed by atoms with E-state index >= 15 is 0 Å². The van der Waals surface area contributed by atoms with Crippen molar-refractivity contribution in [2.75, 3.05) is 0 Å². The molecule has 0 heterocycles. The van der Waals surface area contributed by atoms with Crippen molar-refractivity contribution in [1.29, 1.82) is 0 Å². The Kier molecular flexibility index (Phi) is 3.52. The molecular formula is C6H2BrCl3O2S. The molecule has 1 aromatic carbocycles. The topological polar surface area (TPSA) is 34.1 Å². The molecule has 2 nitrogen and oxygen atoms in total. The molecule has 0 aliphatic rings. The zero-order valence-electron chi connectivity index (χ0n) is 5.89. The minimum Gasteiger partial charge on any atom is -0.207 e. The predicted octanol–water partition coefficient (Wildman–Crippen LogP) is 3.68. The second-order valence-corrected chi connectivity index (χ2v) is 6.25. The number of rotatable bonds is 1. The average molecular weight is 324 g/mol. The first-order valence-electron chi connectivity index (χ1n) is 2.92. The van der Waals surface area contributed by atoms with E-state index in [-0.39, 0.29) is 19.4 Å². The van der Waals surface area contributed by atoms with Crippen LogP contribution in [-0.4, -0.2) is 8.42 Å². The van der Waals surface area contributed by atoms with E-state index in [9.17, 15) is 8.42 Å². The molecule has 72 valence electrons. The maximum atomic E-state index is 11.0. The smallest absolute Gasteiger partial charge is 0.207 e. The summed E-state index contributed by atoms with van der Waals surface area (Å²) in [5.41, 5.74) is 0. The van der Waals surface area contributed by atoms with E-state index in [1.165, 1.54) is 12.1 Å². The quantitative estimate of drug-likeness (QED) is 0.583. The van der Waals surface area contributed by atoms with Crippen LogP contribution in [0, 0.1) is 0 Å². The van der Waals surface area contributed by atoms with Crippen molar-refractivity contribution in [1.82, 2.24) is 0 Å². The highest BCUT2D eigenvalue weighted by atomic mass is 79.9. The van der Waals surface area contributed by atoms with E-state index in [1.807, 2.05) is 0 Å². The van der Waals surface area contributed by atoms with E-state index in [4.69, 9.17) is 33.9 Å². The lowest BCUT2D eigenvalue weighted by atomic mass is 10.4. The van der Waals surface area contributed by atoms with Gasteiger partial charge in [0, 0.05) is 15.2 Å². The number of hydrogen-bond acceptors (Lipinski definition) is 2. The third-order valence-electron chi connectivity index (χ3n) is 1.25. The molecule has 1 aromatic rings. The van der Waals surface area contributed by atoms with Gasteiger partial charge in [0.1, 0.15) is 4.90 Å². The van der Waals surface area contributed by atoms with Gasteiger partial charge in [-0.2, -0.15) is 0 Å². The molecule has 0 amide bonds. The molecule has 0 aromatic heterocycles. The van der Waals surface area contributed by atoms with Crippen molar-refractivity contribution in [2.45, 2.75) is 4.90 Å². The predicted molar refractivity (Wildman–Crippen MR) is 57.2 cm³/mol. The van der Waals surface area contributed by atoms with Gasteiger partial charge in [0.25, 0.3) is 9.05 Å². The van der Waals surface area contributed by atoms with Crippen molar-refractivity contribution in [3.05, 3.63) is 26.7 Å². The minimum absolute atomic E-state index is 0.0777. The molecule has 0 N–H and O–H groups in total. The lowest BCUT2D eigenvalue weighted by Crippen LogP contribution is -1.93. The van der Waals surface area contributed by atoms with Gasteiger partial charge in [-0.1, -0.05) is 23.2 Å². The first-order chi connectivity index (χ1) is 5.84. The molecule has 0 aliphatic carbocycles. The maximum Gasteiger partial charge on any atom is 0.263 e. The molecule has 0 bridgehead atoms. The summed E-state index contributed by atoms with van der Waals surface area (Å²) in [7, 11) is 1.26. The van der Waals surface area contributed by atoms with Crippen molar-refractivity contribution in [2.24, 2.45) is 0 Å². The fraction of sp³-hybridized carbons (Fsp3) is 0. The van der Waals surface area contributed by atoms with E-state index in [0.29, 0.717) is 0 Å². The normalized spacial score (nSPS) is 11.7. The van der Waals surface area contributed by atoms with Crippen LogP contribution in [0.3, 0.4) is 0 Å². The van der Waals surface area contributed by atoms with Gasteiger partial charge < -0.3 is 0 Å². The molecule has 0 atom stereocenters. The van der Waals surface area contributed by atoms with Crippen LogP contribution in [0.25, 0.3) is 0 Å². The van der Waals surface area contributed by atoms with Crippen LogP contribution in [0.15, 0.2) is 21.5 Å². The van der Waals surface area contributed by atoms with Crippen molar-refractivity contribution < 1.29 is 8.42 Å². The van der Waals surface area contributed by atoms with Gasteiger partial charge in [-0.05, 0) is 28.1 Å². The van der Waals surface area contributed by atoms with Crippen molar-refractivity contribution >= 4 is 58.9 Å². The van der Waals surface area contributed by atoms with Crippen LogP contribution in [0.5, 0.6) is 0 Å². The second kappa shape index (κ2) is 3.95. The Bertz CT molecular complexity index is 443. The SMILES string of the molecule is O=S(=O)(Cl)c1c(Br)ccc(Cl)c1Cl. The van der Waals surface area contributed by atoms with Crippen LogP contribution in [-0.2, 0) is 9.05 Å². The van der Waals surface area contributed by atoms with Gasteiger partial charge in [0.05, 0.1) is 10.0 Å². The molecule has 7 heteroatoms. The highest BCUT2D eigenvalue weighted by Crippen LogP contribution is 2.36. The molecule has 0 radical (unpaired) electrons. The number of hydrogen-bond donors (Lipinski definition) is 0. The summed E-state index contributed by atoms with van der Waals surface area (Å²) < 4.78 is 22.3. The summed E-state index contributed by atoms with van der Waals surface area (Å²) >= 11 is 14.3. The zero-order chi connectivity index (χ0) is 10.2. The molecule has 0 aliphatic heterocycles. The first-order valence-corrected chi connectivity index (χ1v) is 6.78. The molecular weight excluding hydrogens is 322 g/mol. The highest BCUT2D eigenvalue weighted by molar-refractivity contribution is 9.10. The largest absolute Gasteiger partial charge is 0.263 e. The van der Waals surface area contributed by atoms with E-state index in [0.717, 1.165) is 0 Å². The Morgan fingerprint density at radius 1 is 1.23 bits per heavy atom. The Labute approximate surface area is 98.3 Å². The average Bonchev–Trinajstić information content (AvgIpc) is 1.95. The second-order valence-electron chi connectivity index (χ2n) is 2.11. The van der Waals surface area contributed by atoms with Gasteiger partial charge in [-0.25, -0.2) is 8.42 Å². The molecule has 0 unspecified atom stereocenters. The highest BCUT2D eigenvalue weighted by Gasteiger charge is 2.20. The molecule has 0 spiro atoms. The van der Waals surface area contributed by atoms with Crippen LogP contribution in [0.2, 0.25) is 10.0 Å². The number of halogens is 4. The van der Waals surface area contributed by atoms with Gasteiger partial charge in [0.2, 0.25) is 0 Å². The minimum atomic E-state index is -3.88. The summed E-state index contributed by atoms with van der Waals surface area (Å²) in [4.78, 5) is -0.205. The molecule has 0 saturated heterocycles. The summed E-state index contributed by atoms with van der Waals surface area (Å²) in [6.45, 7) is 0. The van der Waals surface area contributed by atoms with Crippen molar-refractivity contribution in [3.63, 3.8) is 0 Å². The lowest BCUT2D eigenvalue weighted by Gasteiger charge is -2.03. The molecule has 1 rings (SSSR count). The van der Waals surface area contributed by atoms with Gasteiger partial charge in [-0.3, -0.25) is 0 Å². The summed E-state index contributed by atoms with van der Waals surface area (Å²) in [6.07, 6.45) is 0. The van der Waals surface area contributed by atoms with Gasteiger partial charge >= 0.3 is 0 Å².